The number of carbonyl (C=O) groups excluding carboxylic acids is 1. The fourth-order valence-corrected chi connectivity index (χ4v) is 1.82. The van der Waals surface area contributed by atoms with Crippen LogP contribution >= 0.6 is 0 Å². The molecule has 0 fully saturated rings. The summed E-state index contributed by atoms with van der Waals surface area (Å²) < 4.78 is 0. The smallest absolute Gasteiger partial charge is 0.258 e. The van der Waals surface area contributed by atoms with Crippen molar-refractivity contribution in [3.05, 3.63) is 39.9 Å². The SMILES string of the molecule is NN1C(=O)N=NC1CCCc1ccc([N+](=O)[O-])cc1. The van der Waals surface area contributed by atoms with Gasteiger partial charge in [0, 0.05) is 12.1 Å². The van der Waals surface area contributed by atoms with Crippen LogP contribution in [0.15, 0.2) is 34.5 Å². The van der Waals surface area contributed by atoms with Crippen LogP contribution in [0.3, 0.4) is 0 Å². The van der Waals surface area contributed by atoms with Crippen molar-refractivity contribution in [2.75, 3.05) is 0 Å². The number of aryl methyl sites for hydroxylation is 1. The Bertz CT molecular complexity index is 514. The van der Waals surface area contributed by atoms with Crippen LogP contribution < -0.4 is 5.84 Å². The van der Waals surface area contributed by atoms with E-state index in [9.17, 15) is 14.9 Å². The third kappa shape index (κ3) is 3.10. The lowest BCUT2D eigenvalue weighted by Gasteiger charge is -2.14. The van der Waals surface area contributed by atoms with E-state index in [1.807, 2.05) is 0 Å². The summed E-state index contributed by atoms with van der Waals surface area (Å²) in [7, 11) is 0. The van der Waals surface area contributed by atoms with Crippen molar-refractivity contribution in [2.24, 2.45) is 16.1 Å². The molecule has 1 aromatic carbocycles. The summed E-state index contributed by atoms with van der Waals surface area (Å²) in [5.74, 6) is 5.48. The van der Waals surface area contributed by atoms with E-state index in [1.165, 1.54) is 12.1 Å². The van der Waals surface area contributed by atoms with Gasteiger partial charge in [-0.05, 0) is 24.8 Å². The molecule has 0 aliphatic carbocycles. The topological polar surface area (TPSA) is 114 Å². The van der Waals surface area contributed by atoms with E-state index in [1.54, 1.807) is 12.1 Å². The van der Waals surface area contributed by atoms with Crippen molar-refractivity contribution in [1.82, 2.24) is 5.01 Å². The lowest BCUT2D eigenvalue weighted by atomic mass is 10.1. The number of nitrogens with zero attached hydrogens (tertiary/aromatic N) is 4. The number of hydrogen-bond donors (Lipinski definition) is 1. The van der Waals surface area contributed by atoms with Crippen LogP contribution in [0.4, 0.5) is 10.5 Å². The molecule has 100 valence electrons. The molecule has 1 aromatic rings. The first kappa shape index (κ1) is 13.1. The van der Waals surface area contributed by atoms with Gasteiger partial charge in [0.15, 0.2) is 6.17 Å². The van der Waals surface area contributed by atoms with E-state index >= 15 is 0 Å². The Hall–Kier alpha value is -2.35. The van der Waals surface area contributed by atoms with E-state index < -0.39 is 17.1 Å². The summed E-state index contributed by atoms with van der Waals surface area (Å²) in [6.45, 7) is 0. The Balaban J connectivity index is 1.81. The van der Waals surface area contributed by atoms with Crippen LogP contribution in [-0.4, -0.2) is 22.1 Å². The van der Waals surface area contributed by atoms with E-state index in [-0.39, 0.29) is 5.69 Å². The molecule has 1 aliphatic rings. The molecule has 0 spiro atoms. The van der Waals surface area contributed by atoms with Crippen LogP contribution in [0.2, 0.25) is 0 Å². The zero-order chi connectivity index (χ0) is 13.8. The molecule has 0 bridgehead atoms. The van der Waals surface area contributed by atoms with Gasteiger partial charge in [0.25, 0.3) is 5.69 Å². The first-order valence-corrected chi connectivity index (χ1v) is 5.80. The van der Waals surface area contributed by atoms with Gasteiger partial charge < -0.3 is 0 Å². The van der Waals surface area contributed by atoms with Gasteiger partial charge in [0.05, 0.1) is 4.92 Å². The molecule has 0 radical (unpaired) electrons. The maximum Gasteiger partial charge on any atom is 0.378 e. The van der Waals surface area contributed by atoms with Gasteiger partial charge in [-0.2, -0.15) is 5.11 Å². The number of hydrogen-bond acceptors (Lipinski definition) is 5. The normalized spacial score (nSPS) is 18.1. The number of carbonyl (C=O) groups is 1. The maximum atomic E-state index is 11.0. The highest BCUT2D eigenvalue weighted by molar-refractivity contribution is 5.75. The van der Waals surface area contributed by atoms with Gasteiger partial charge in [-0.25, -0.2) is 15.6 Å². The molecule has 8 nitrogen and oxygen atoms in total. The molecule has 0 saturated carbocycles. The van der Waals surface area contributed by atoms with Gasteiger partial charge in [0.2, 0.25) is 0 Å². The van der Waals surface area contributed by atoms with E-state index in [0.717, 1.165) is 23.4 Å². The summed E-state index contributed by atoms with van der Waals surface area (Å²) in [6.07, 6.45) is 1.72. The maximum absolute atomic E-state index is 11.0. The lowest BCUT2D eigenvalue weighted by molar-refractivity contribution is -0.384. The Labute approximate surface area is 109 Å². The van der Waals surface area contributed by atoms with E-state index in [2.05, 4.69) is 10.2 Å². The van der Waals surface area contributed by atoms with Gasteiger partial charge in [-0.15, -0.1) is 0 Å². The molecule has 1 atom stereocenters. The highest BCUT2D eigenvalue weighted by Crippen LogP contribution is 2.17. The molecule has 2 rings (SSSR count). The predicted molar refractivity (Wildman–Crippen MR) is 66.1 cm³/mol. The Morgan fingerprint density at radius 1 is 1.37 bits per heavy atom. The molecule has 2 N–H and O–H groups in total. The summed E-state index contributed by atoms with van der Waals surface area (Å²) in [6, 6.07) is 5.87. The van der Waals surface area contributed by atoms with Gasteiger partial charge in [-0.1, -0.05) is 17.2 Å². The van der Waals surface area contributed by atoms with Crippen molar-refractivity contribution in [2.45, 2.75) is 25.4 Å². The number of benzene rings is 1. The molecule has 0 aromatic heterocycles. The molecule has 19 heavy (non-hydrogen) atoms. The van der Waals surface area contributed by atoms with Crippen LogP contribution in [0.5, 0.6) is 0 Å². The van der Waals surface area contributed by atoms with Gasteiger partial charge >= 0.3 is 6.03 Å². The number of nitrogens with two attached hydrogens (primary N) is 1. The van der Waals surface area contributed by atoms with Crippen molar-refractivity contribution < 1.29 is 9.72 Å². The number of urea groups is 1. The zero-order valence-corrected chi connectivity index (χ0v) is 10.1. The second-order valence-electron chi connectivity index (χ2n) is 4.20. The molecule has 1 unspecified atom stereocenters. The largest absolute Gasteiger partial charge is 0.378 e. The first-order chi connectivity index (χ1) is 9.08. The van der Waals surface area contributed by atoms with Gasteiger partial charge in [0.1, 0.15) is 0 Å². The quantitative estimate of drug-likeness (QED) is 0.378. The zero-order valence-electron chi connectivity index (χ0n) is 10.1. The number of hydrazine groups is 1. The van der Waals surface area contributed by atoms with E-state index in [4.69, 9.17) is 5.84 Å². The number of non-ortho nitro benzene ring substituents is 1. The summed E-state index contributed by atoms with van der Waals surface area (Å²) in [5, 5.41) is 18.6. The second-order valence-corrected chi connectivity index (χ2v) is 4.20. The molecule has 0 saturated heterocycles. The number of nitro benzene ring substituents is 1. The monoisotopic (exact) mass is 263 g/mol. The van der Waals surface area contributed by atoms with Gasteiger partial charge in [-0.3, -0.25) is 10.1 Å². The summed E-state index contributed by atoms with van der Waals surface area (Å²) >= 11 is 0. The third-order valence-corrected chi connectivity index (χ3v) is 2.89. The van der Waals surface area contributed by atoms with Crippen molar-refractivity contribution in [1.29, 1.82) is 0 Å². The summed E-state index contributed by atoms with van der Waals surface area (Å²) in [5.41, 5.74) is 1.07. The Morgan fingerprint density at radius 3 is 2.58 bits per heavy atom. The lowest BCUT2D eigenvalue weighted by Crippen LogP contribution is -2.39. The number of azo groups is 1. The number of rotatable bonds is 5. The molecular weight excluding hydrogens is 250 g/mol. The Kier molecular flexibility index (Phi) is 3.81. The average Bonchev–Trinajstić information content (AvgIpc) is 2.71. The minimum atomic E-state index is -0.527. The standard InChI is InChI=1S/C11H13N5O3/c12-15-10(13-14-11(15)17)3-1-2-8-4-6-9(7-5-8)16(18)19/h4-7,10H,1-3,12H2. The molecule has 1 heterocycles. The Morgan fingerprint density at radius 2 is 2.05 bits per heavy atom. The second kappa shape index (κ2) is 5.53. The van der Waals surface area contributed by atoms with Crippen molar-refractivity contribution in [3.8, 4) is 0 Å². The highest BCUT2D eigenvalue weighted by atomic mass is 16.6. The number of nitro groups is 1. The van der Waals surface area contributed by atoms with Crippen molar-refractivity contribution >= 4 is 11.7 Å². The fraction of sp³-hybridized carbons (Fsp3) is 0.364. The number of amides is 2. The minimum Gasteiger partial charge on any atom is -0.258 e. The van der Waals surface area contributed by atoms with E-state index in [0.29, 0.717) is 6.42 Å². The van der Waals surface area contributed by atoms with Crippen LogP contribution in [0.25, 0.3) is 0 Å². The van der Waals surface area contributed by atoms with Crippen LogP contribution in [0, 0.1) is 10.1 Å². The first-order valence-electron chi connectivity index (χ1n) is 5.80. The average molecular weight is 263 g/mol. The summed E-state index contributed by atoms with van der Waals surface area (Å²) in [4.78, 5) is 21.1. The van der Waals surface area contributed by atoms with Crippen LogP contribution in [0.1, 0.15) is 18.4 Å². The highest BCUT2D eigenvalue weighted by Gasteiger charge is 2.25. The molecule has 1 aliphatic heterocycles. The molecule has 8 heteroatoms. The van der Waals surface area contributed by atoms with Crippen LogP contribution in [-0.2, 0) is 6.42 Å². The minimum absolute atomic E-state index is 0.0760. The predicted octanol–water partition coefficient (Wildman–Crippen LogP) is 2.01. The molecular formula is C11H13N5O3. The molecule has 2 amide bonds. The fourth-order valence-electron chi connectivity index (χ4n) is 1.82. The van der Waals surface area contributed by atoms with Crippen molar-refractivity contribution in [3.63, 3.8) is 0 Å². The third-order valence-electron chi connectivity index (χ3n) is 2.89.